The van der Waals surface area contributed by atoms with E-state index in [0.717, 1.165) is 4.90 Å². The predicted octanol–water partition coefficient (Wildman–Crippen LogP) is 5.90. The number of anilines is 2. The number of hydrogen-bond donors (Lipinski definition) is 1. The van der Waals surface area contributed by atoms with Crippen LogP contribution >= 0.6 is 69.6 Å². The highest BCUT2D eigenvalue weighted by atomic mass is 35.5. The number of carbonyl (C=O) groups is 3. The first-order valence-corrected chi connectivity index (χ1v) is 12.4. The smallest absolute Gasteiger partial charge is 0.257 e. The number of methoxy groups -OCH3 is 1. The monoisotopic (exact) mass is 592 g/mol. The van der Waals surface area contributed by atoms with Gasteiger partial charge in [-0.25, -0.2) is 4.90 Å². The highest BCUT2D eigenvalue weighted by molar-refractivity contribution is 6.67. The van der Waals surface area contributed by atoms with Crippen LogP contribution in [-0.2, 0) is 9.59 Å². The quantitative estimate of drug-likeness (QED) is 0.353. The Balaban J connectivity index is 1.55. The van der Waals surface area contributed by atoms with Crippen LogP contribution in [0.5, 0.6) is 5.75 Å². The summed E-state index contributed by atoms with van der Waals surface area (Å²) in [6.07, 6.45) is 0. The molecule has 0 radical (unpaired) electrons. The molecule has 2 aromatic carbocycles. The predicted molar refractivity (Wildman–Crippen MR) is 137 cm³/mol. The van der Waals surface area contributed by atoms with Crippen molar-refractivity contribution < 1.29 is 19.1 Å². The summed E-state index contributed by atoms with van der Waals surface area (Å²) in [5, 5.41) is 2.36. The third kappa shape index (κ3) is 3.01. The first-order chi connectivity index (χ1) is 16.4. The van der Waals surface area contributed by atoms with E-state index in [2.05, 4.69) is 5.32 Å². The standard InChI is InChI=1S/C23H14Cl6N2O4/c1-35-11-6-4-5-10(9-11)30-18(32)12-7-2-3-8-13(12)31-19(33)14-15(20(31)34)22(27)17(25)16(24)21(14,26)23(22,28)29/h2-9,14-15H,1H3,(H,30,32)/t14-,15-,21+,22+/m0/s1. The van der Waals surface area contributed by atoms with Crippen LogP contribution in [-0.4, -0.2) is 38.9 Å². The Labute approximate surface area is 230 Å². The van der Waals surface area contributed by atoms with E-state index in [4.69, 9.17) is 74.3 Å². The van der Waals surface area contributed by atoms with Crippen molar-refractivity contribution in [3.8, 4) is 5.75 Å². The SMILES string of the molecule is COc1cccc(NC(=O)c2ccccc2N2C(=O)[C@@H]3[C@@H](C2=O)[C@@]2(Cl)C(Cl)=C(Cl)[C@@]3(Cl)C2(Cl)Cl)c1. The van der Waals surface area contributed by atoms with E-state index >= 15 is 0 Å². The van der Waals surface area contributed by atoms with Gasteiger partial charge in [-0.3, -0.25) is 14.4 Å². The molecule has 6 nitrogen and oxygen atoms in total. The Kier molecular flexibility index (Phi) is 5.83. The van der Waals surface area contributed by atoms with Gasteiger partial charge in [0.1, 0.15) is 15.5 Å². The minimum absolute atomic E-state index is 0.0409. The first kappa shape index (κ1) is 25.0. The molecular formula is C23H14Cl6N2O4. The number of amides is 3. The van der Waals surface area contributed by atoms with Gasteiger partial charge in [-0.2, -0.15) is 0 Å². The van der Waals surface area contributed by atoms with Crippen molar-refractivity contribution in [1.29, 1.82) is 0 Å². The van der Waals surface area contributed by atoms with E-state index in [1.165, 1.54) is 19.2 Å². The lowest BCUT2D eigenvalue weighted by Crippen LogP contribution is -2.50. The van der Waals surface area contributed by atoms with Gasteiger partial charge in [0.05, 0.1) is 40.3 Å². The van der Waals surface area contributed by atoms with Gasteiger partial charge in [0.25, 0.3) is 5.91 Å². The topological polar surface area (TPSA) is 75.7 Å². The summed E-state index contributed by atoms with van der Waals surface area (Å²) in [5.74, 6) is -4.11. The molecule has 35 heavy (non-hydrogen) atoms. The van der Waals surface area contributed by atoms with E-state index in [1.54, 1.807) is 36.4 Å². The summed E-state index contributed by atoms with van der Waals surface area (Å²) in [5.41, 5.74) is 0.554. The zero-order valence-corrected chi connectivity index (χ0v) is 22.2. The molecule has 12 heteroatoms. The second-order valence-electron chi connectivity index (χ2n) is 8.30. The number of carbonyl (C=O) groups excluding carboxylic acids is 3. The summed E-state index contributed by atoms with van der Waals surface area (Å²) in [7, 11) is 1.50. The van der Waals surface area contributed by atoms with Crippen molar-refractivity contribution in [2.75, 3.05) is 17.3 Å². The number of rotatable bonds is 4. The van der Waals surface area contributed by atoms with Crippen molar-refractivity contribution >= 4 is 98.7 Å². The maximum absolute atomic E-state index is 13.7. The molecular weight excluding hydrogens is 581 g/mol. The Morgan fingerprint density at radius 1 is 0.914 bits per heavy atom. The van der Waals surface area contributed by atoms with Gasteiger partial charge >= 0.3 is 0 Å². The van der Waals surface area contributed by atoms with Gasteiger partial charge in [0.2, 0.25) is 11.8 Å². The zero-order chi connectivity index (χ0) is 25.5. The molecule has 2 fully saturated rings. The Hall–Kier alpha value is -1.67. The fourth-order valence-electron chi connectivity index (χ4n) is 4.99. The summed E-state index contributed by atoms with van der Waals surface area (Å²) in [6.45, 7) is 0. The van der Waals surface area contributed by atoms with Crippen molar-refractivity contribution in [2.24, 2.45) is 11.8 Å². The summed E-state index contributed by atoms with van der Waals surface area (Å²) >= 11 is 39.3. The van der Waals surface area contributed by atoms with E-state index in [-0.39, 0.29) is 21.3 Å². The summed E-state index contributed by atoms with van der Waals surface area (Å²) < 4.78 is 3.14. The highest BCUT2D eigenvalue weighted by Crippen LogP contribution is 2.77. The molecule has 3 amide bonds. The molecule has 2 aliphatic carbocycles. The normalized spacial score (nSPS) is 30.7. The fraction of sp³-hybridized carbons (Fsp3) is 0.261. The number of nitrogens with zero attached hydrogens (tertiary/aromatic N) is 1. The van der Waals surface area contributed by atoms with Crippen molar-refractivity contribution in [3.63, 3.8) is 0 Å². The van der Waals surface area contributed by atoms with E-state index in [1.807, 2.05) is 0 Å². The number of imide groups is 1. The van der Waals surface area contributed by atoms with Crippen LogP contribution in [0.15, 0.2) is 58.6 Å². The highest BCUT2D eigenvalue weighted by Gasteiger charge is 2.87. The molecule has 1 N–H and O–H groups in total. The van der Waals surface area contributed by atoms with Gasteiger partial charge in [0.15, 0.2) is 4.33 Å². The minimum atomic E-state index is -2.03. The molecule has 1 saturated heterocycles. The van der Waals surface area contributed by atoms with E-state index in [9.17, 15) is 14.4 Å². The van der Waals surface area contributed by atoms with Gasteiger partial charge in [-0.15, -0.1) is 23.2 Å². The number of para-hydroxylation sites is 1. The number of alkyl halides is 4. The van der Waals surface area contributed by atoms with Crippen molar-refractivity contribution in [1.82, 2.24) is 0 Å². The molecule has 2 aromatic rings. The van der Waals surface area contributed by atoms with Crippen LogP contribution < -0.4 is 15.0 Å². The lowest BCUT2D eigenvalue weighted by Gasteiger charge is -2.34. The van der Waals surface area contributed by atoms with Gasteiger partial charge in [0, 0.05) is 11.8 Å². The van der Waals surface area contributed by atoms with Crippen LogP contribution in [0.4, 0.5) is 11.4 Å². The number of hydrogen-bond acceptors (Lipinski definition) is 4. The molecule has 4 atom stereocenters. The van der Waals surface area contributed by atoms with Gasteiger partial charge in [-0.05, 0) is 24.3 Å². The van der Waals surface area contributed by atoms with Crippen LogP contribution in [0.2, 0.25) is 0 Å². The molecule has 2 bridgehead atoms. The van der Waals surface area contributed by atoms with Crippen molar-refractivity contribution in [3.05, 3.63) is 64.2 Å². The summed E-state index contributed by atoms with van der Waals surface area (Å²) in [4.78, 5) is 37.5. The molecule has 5 rings (SSSR count). The molecule has 0 aromatic heterocycles. The Morgan fingerprint density at radius 2 is 1.49 bits per heavy atom. The minimum Gasteiger partial charge on any atom is -0.497 e. The number of fused-ring (bicyclic) bond motifs is 5. The Bertz CT molecular complexity index is 1300. The Morgan fingerprint density at radius 3 is 2.06 bits per heavy atom. The number of nitrogens with one attached hydrogen (secondary N) is 1. The maximum atomic E-state index is 13.7. The van der Waals surface area contributed by atoms with Gasteiger partial charge in [-0.1, -0.05) is 64.6 Å². The number of allylic oxidation sites excluding steroid dienone is 2. The number of benzene rings is 2. The van der Waals surface area contributed by atoms with E-state index in [0.29, 0.717) is 11.4 Å². The fourth-order valence-corrected chi connectivity index (χ4v) is 7.92. The molecule has 1 saturated carbocycles. The first-order valence-electron chi connectivity index (χ1n) is 10.2. The van der Waals surface area contributed by atoms with E-state index < -0.39 is 43.6 Å². The molecule has 3 aliphatic rings. The molecule has 1 aliphatic heterocycles. The average Bonchev–Trinajstić information content (AvgIpc) is 3.22. The largest absolute Gasteiger partial charge is 0.497 e. The number of ether oxygens (including phenoxy) is 1. The molecule has 182 valence electrons. The van der Waals surface area contributed by atoms with Crippen molar-refractivity contribution in [2.45, 2.75) is 14.1 Å². The lowest BCUT2D eigenvalue weighted by molar-refractivity contribution is -0.123. The second kappa shape index (κ2) is 8.17. The van der Waals surface area contributed by atoms with Crippen LogP contribution in [0.1, 0.15) is 10.4 Å². The molecule has 0 unspecified atom stereocenters. The zero-order valence-electron chi connectivity index (χ0n) is 17.6. The second-order valence-corrected chi connectivity index (χ2v) is 11.6. The molecule has 1 heterocycles. The third-order valence-electron chi connectivity index (χ3n) is 6.63. The maximum Gasteiger partial charge on any atom is 0.257 e. The van der Waals surface area contributed by atoms with Crippen LogP contribution in [0.25, 0.3) is 0 Å². The van der Waals surface area contributed by atoms with Crippen LogP contribution in [0.3, 0.4) is 0 Å². The third-order valence-corrected chi connectivity index (χ3v) is 10.9. The van der Waals surface area contributed by atoms with Crippen LogP contribution in [0, 0.1) is 11.8 Å². The summed E-state index contributed by atoms with van der Waals surface area (Å²) in [6, 6.07) is 12.8. The average molecular weight is 595 g/mol. The molecule has 0 spiro atoms. The lowest BCUT2D eigenvalue weighted by atomic mass is 9.84. The van der Waals surface area contributed by atoms with Gasteiger partial charge < -0.3 is 10.1 Å². The number of halogens is 6.